The van der Waals surface area contributed by atoms with E-state index in [9.17, 15) is 12.8 Å². The van der Waals surface area contributed by atoms with E-state index >= 15 is 0 Å². The highest BCUT2D eigenvalue weighted by molar-refractivity contribution is 7.92. The molecule has 0 bridgehead atoms. The third-order valence-corrected chi connectivity index (χ3v) is 5.78. The van der Waals surface area contributed by atoms with Crippen LogP contribution in [0.2, 0.25) is 0 Å². The Morgan fingerprint density at radius 3 is 2.77 bits per heavy atom. The number of anilines is 1. The Kier molecular flexibility index (Phi) is 3.81. The van der Waals surface area contributed by atoms with Gasteiger partial charge in [-0.25, -0.2) is 12.8 Å². The Balaban J connectivity index is 1.59. The molecule has 0 saturated heterocycles. The number of hydrogen-bond acceptors (Lipinski definition) is 6. The second-order valence-electron chi connectivity index (χ2n) is 6.27. The molecule has 136 valence electrons. The molecule has 10 heteroatoms. The molecule has 1 aliphatic carbocycles. The van der Waals surface area contributed by atoms with Crippen molar-refractivity contribution in [2.24, 2.45) is 5.73 Å². The van der Waals surface area contributed by atoms with Gasteiger partial charge in [0, 0.05) is 6.20 Å². The Labute approximate surface area is 148 Å². The lowest BCUT2D eigenvalue weighted by atomic mass is 9.77. The second-order valence-corrected chi connectivity index (χ2v) is 7.95. The lowest BCUT2D eigenvalue weighted by Crippen LogP contribution is -2.44. The van der Waals surface area contributed by atoms with Crippen LogP contribution in [0.5, 0.6) is 0 Å². The molecule has 1 fully saturated rings. The highest BCUT2D eigenvalue weighted by Gasteiger charge is 2.39. The molecule has 3 aromatic rings. The Bertz CT molecular complexity index is 1060. The van der Waals surface area contributed by atoms with Crippen LogP contribution in [0.15, 0.2) is 45.9 Å². The number of para-hydroxylation sites is 1. The average molecular weight is 377 g/mol. The predicted octanol–water partition coefficient (Wildman–Crippen LogP) is 2.34. The maximum absolute atomic E-state index is 13.7. The van der Waals surface area contributed by atoms with E-state index in [2.05, 4.69) is 19.8 Å². The van der Waals surface area contributed by atoms with Gasteiger partial charge in [-0.1, -0.05) is 17.3 Å². The third-order valence-electron chi connectivity index (χ3n) is 4.43. The summed E-state index contributed by atoms with van der Waals surface area (Å²) in [6.07, 6.45) is 3.84. The number of nitrogens with zero attached hydrogens (tertiary/aromatic N) is 2. The molecule has 0 amide bonds. The third kappa shape index (κ3) is 2.86. The van der Waals surface area contributed by atoms with E-state index in [0.717, 1.165) is 19.3 Å². The molecule has 4 rings (SSSR count). The van der Waals surface area contributed by atoms with Crippen molar-refractivity contribution < 1.29 is 17.3 Å². The van der Waals surface area contributed by atoms with Crippen LogP contribution in [-0.2, 0) is 15.6 Å². The van der Waals surface area contributed by atoms with Crippen LogP contribution in [0, 0.1) is 5.82 Å². The number of nitrogens with one attached hydrogen (secondary N) is 2. The molecule has 0 unspecified atom stereocenters. The predicted molar refractivity (Wildman–Crippen MR) is 91.0 cm³/mol. The van der Waals surface area contributed by atoms with E-state index in [0.29, 0.717) is 11.5 Å². The molecule has 26 heavy (non-hydrogen) atoms. The molecular weight excluding hydrogens is 361 g/mol. The van der Waals surface area contributed by atoms with Gasteiger partial charge < -0.3 is 15.2 Å². The summed E-state index contributed by atoms with van der Waals surface area (Å²) in [7, 11) is -3.97. The fraction of sp³-hybridized carbons (Fsp3) is 0.250. The Morgan fingerprint density at radius 2 is 2.08 bits per heavy atom. The first-order valence-electron chi connectivity index (χ1n) is 7.97. The summed E-state index contributed by atoms with van der Waals surface area (Å²) in [4.78, 5) is 6.96. The maximum atomic E-state index is 13.7. The van der Waals surface area contributed by atoms with Crippen molar-refractivity contribution in [1.82, 2.24) is 15.1 Å². The molecule has 2 aromatic heterocycles. The van der Waals surface area contributed by atoms with E-state index in [1.54, 1.807) is 0 Å². The van der Waals surface area contributed by atoms with E-state index in [1.165, 1.54) is 36.5 Å². The summed E-state index contributed by atoms with van der Waals surface area (Å²) >= 11 is 0. The van der Waals surface area contributed by atoms with Crippen molar-refractivity contribution in [2.45, 2.75) is 29.7 Å². The second kappa shape index (κ2) is 5.92. The van der Waals surface area contributed by atoms with Gasteiger partial charge in [0.2, 0.25) is 0 Å². The molecular formula is C16H16FN5O3S. The first-order valence-corrected chi connectivity index (χ1v) is 9.45. The van der Waals surface area contributed by atoms with Crippen LogP contribution in [0.1, 0.15) is 25.1 Å². The molecule has 0 spiro atoms. The normalized spacial score (nSPS) is 16.2. The SMILES string of the molecule is NC1(c2noc(-c3cc(S(=O)(=O)Nc4ccccc4F)c[nH]3)n2)CCC1. The molecule has 1 saturated carbocycles. The first-order chi connectivity index (χ1) is 12.4. The first kappa shape index (κ1) is 16.7. The number of rotatable bonds is 5. The number of hydrogen-bond donors (Lipinski definition) is 3. The van der Waals surface area contributed by atoms with Gasteiger partial charge in [-0.15, -0.1) is 0 Å². The van der Waals surface area contributed by atoms with Crippen LogP contribution in [0.3, 0.4) is 0 Å². The molecule has 0 aliphatic heterocycles. The maximum Gasteiger partial charge on any atom is 0.274 e. The fourth-order valence-electron chi connectivity index (χ4n) is 2.72. The van der Waals surface area contributed by atoms with Crippen molar-refractivity contribution in [1.29, 1.82) is 0 Å². The monoisotopic (exact) mass is 377 g/mol. The van der Waals surface area contributed by atoms with E-state index < -0.39 is 21.4 Å². The number of sulfonamides is 1. The standard InChI is InChI=1S/C16H16FN5O3S/c17-11-4-1-2-5-12(11)22-26(23,24)10-8-13(19-9-10)14-20-15(21-25-14)16(18)6-3-7-16/h1-2,4-5,8-9,19,22H,3,6-7,18H2. The van der Waals surface area contributed by atoms with Crippen molar-refractivity contribution in [3.05, 3.63) is 48.2 Å². The molecule has 0 radical (unpaired) electrons. The van der Waals surface area contributed by atoms with Crippen molar-refractivity contribution in [3.8, 4) is 11.6 Å². The highest BCUT2D eigenvalue weighted by Crippen LogP contribution is 2.37. The minimum atomic E-state index is -3.97. The van der Waals surface area contributed by atoms with E-state index in [1.807, 2.05) is 0 Å². The summed E-state index contributed by atoms with van der Waals surface area (Å²) in [5, 5.41) is 3.89. The Hall–Kier alpha value is -2.72. The highest BCUT2D eigenvalue weighted by atomic mass is 32.2. The van der Waals surface area contributed by atoms with Crippen molar-refractivity contribution in [2.75, 3.05) is 4.72 Å². The van der Waals surface area contributed by atoms with Gasteiger partial charge in [-0.2, -0.15) is 4.98 Å². The van der Waals surface area contributed by atoms with Crippen LogP contribution in [0.4, 0.5) is 10.1 Å². The molecule has 0 atom stereocenters. The Morgan fingerprint density at radius 1 is 1.31 bits per heavy atom. The number of aromatic amines is 1. The molecule has 4 N–H and O–H groups in total. The number of halogens is 1. The van der Waals surface area contributed by atoms with Crippen molar-refractivity contribution in [3.63, 3.8) is 0 Å². The van der Waals surface area contributed by atoms with E-state index in [4.69, 9.17) is 10.3 Å². The van der Waals surface area contributed by atoms with Crippen LogP contribution < -0.4 is 10.5 Å². The van der Waals surface area contributed by atoms with Gasteiger partial charge in [0.1, 0.15) is 16.4 Å². The topological polar surface area (TPSA) is 127 Å². The molecule has 8 nitrogen and oxygen atoms in total. The van der Waals surface area contributed by atoms with Crippen molar-refractivity contribution >= 4 is 15.7 Å². The zero-order valence-corrected chi connectivity index (χ0v) is 14.4. The number of benzene rings is 1. The zero-order valence-electron chi connectivity index (χ0n) is 13.6. The minimum absolute atomic E-state index is 0.0818. The minimum Gasteiger partial charge on any atom is -0.356 e. The van der Waals surface area contributed by atoms with Gasteiger partial charge in [0.05, 0.1) is 11.2 Å². The summed E-state index contributed by atoms with van der Waals surface area (Å²) in [5.74, 6) is -0.117. The van der Waals surface area contributed by atoms with Crippen LogP contribution in [0.25, 0.3) is 11.6 Å². The summed E-state index contributed by atoms with van der Waals surface area (Å²) in [6, 6.07) is 6.85. The number of nitrogens with two attached hydrogens (primary N) is 1. The van der Waals surface area contributed by atoms with Crippen LogP contribution >= 0.6 is 0 Å². The van der Waals surface area contributed by atoms with Gasteiger partial charge in [-0.05, 0) is 37.5 Å². The lowest BCUT2D eigenvalue weighted by Gasteiger charge is -2.34. The van der Waals surface area contributed by atoms with Gasteiger partial charge >= 0.3 is 0 Å². The van der Waals surface area contributed by atoms with Crippen LogP contribution in [-0.4, -0.2) is 23.5 Å². The summed E-state index contributed by atoms with van der Waals surface area (Å²) < 4.78 is 45.9. The van der Waals surface area contributed by atoms with Gasteiger partial charge in [-0.3, -0.25) is 4.72 Å². The molecule has 1 aromatic carbocycles. The average Bonchev–Trinajstić information content (AvgIpc) is 3.24. The fourth-order valence-corrected chi connectivity index (χ4v) is 3.78. The smallest absolute Gasteiger partial charge is 0.274 e. The lowest BCUT2D eigenvalue weighted by molar-refractivity contribution is 0.229. The zero-order chi connectivity index (χ0) is 18.4. The van der Waals surface area contributed by atoms with E-state index in [-0.39, 0.29) is 16.5 Å². The molecule has 2 heterocycles. The quantitative estimate of drug-likeness (QED) is 0.626. The van der Waals surface area contributed by atoms with Gasteiger partial charge in [0.15, 0.2) is 5.82 Å². The number of aromatic nitrogens is 3. The molecule has 1 aliphatic rings. The largest absolute Gasteiger partial charge is 0.356 e. The summed E-state index contributed by atoms with van der Waals surface area (Å²) in [6.45, 7) is 0. The summed E-state index contributed by atoms with van der Waals surface area (Å²) in [5.41, 5.74) is 5.78. The number of H-pyrrole nitrogens is 1. The van der Waals surface area contributed by atoms with Gasteiger partial charge in [0.25, 0.3) is 15.9 Å².